The number of imide groups is 2. The average Bonchev–Trinajstić information content (AvgIpc) is 2.77. The molecule has 0 bridgehead atoms. The van der Waals surface area contributed by atoms with Gasteiger partial charge in [0.05, 0.1) is 11.1 Å². The molecule has 7 nitrogen and oxygen atoms in total. The smallest absolute Gasteiger partial charge is 0.264 e. The molecular weight excluding hydrogens is 298 g/mol. The SMILES string of the molecule is C=CCN1C(=O)CCC(N2C(=O)c3cccc(N)c3C2=O)C1=O. The topological polar surface area (TPSA) is 101 Å². The molecule has 1 aromatic rings. The lowest BCUT2D eigenvalue weighted by Gasteiger charge is -2.33. The highest BCUT2D eigenvalue weighted by Crippen LogP contribution is 2.31. The minimum Gasteiger partial charge on any atom is -0.398 e. The number of hydrogen-bond acceptors (Lipinski definition) is 5. The van der Waals surface area contributed by atoms with Crippen LogP contribution in [0.2, 0.25) is 0 Å². The van der Waals surface area contributed by atoms with Gasteiger partial charge in [0.25, 0.3) is 17.7 Å². The zero-order valence-corrected chi connectivity index (χ0v) is 12.3. The van der Waals surface area contributed by atoms with Gasteiger partial charge in [-0.05, 0) is 18.6 Å². The number of fused-ring (bicyclic) bond motifs is 1. The van der Waals surface area contributed by atoms with Crippen LogP contribution in [-0.4, -0.2) is 46.0 Å². The van der Waals surface area contributed by atoms with E-state index in [9.17, 15) is 19.2 Å². The lowest BCUT2D eigenvalue weighted by atomic mass is 10.0. The van der Waals surface area contributed by atoms with Crippen LogP contribution in [0.4, 0.5) is 5.69 Å². The fraction of sp³-hybridized carbons (Fsp3) is 0.250. The lowest BCUT2D eigenvalue weighted by Crippen LogP contribution is -2.56. The average molecular weight is 313 g/mol. The molecular formula is C16H15N3O4. The second-order valence-electron chi connectivity index (χ2n) is 5.44. The van der Waals surface area contributed by atoms with Crippen molar-refractivity contribution < 1.29 is 19.2 Å². The van der Waals surface area contributed by atoms with Crippen LogP contribution in [0, 0.1) is 0 Å². The Morgan fingerprint density at radius 1 is 1.22 bits per heavy atom. The summed E-state index contributed by atoms with van der Waals surface area (Å²) in [6.45, 7) is 3.57. The third-order valence-corrected chi connectivity index (χ3v) is 4.09. The highest BCUT2D eigenvalue weighted by atomic mass is 16.2. The van der Waals surface area contributed by atoms with Crippen molar-refractivity contribution in [3.05, 3.63) is 42.0 Å². The summed E-state index contributed by atoms with van der Waals surface area (Å²) in [5.41, 5.74) is 6.30. The summed E-state index contributed by atoms with van der Waals surface area (Å²) in [5, 5.41) is 0. The van der Waals surface area contributed by atoms with Crippen LogP contribution >= 0.6 is 0 Å². The van der Waals surface area contributed by atoms with Gasteiger partial charge in [-0.1, -0.05) is 12.1 Å². The molecule has 118 valence electrons. The van der Waals surface area contributed by atoms with E-state index >= 15 is 0 Å². The summed E-state index contributed by atoms with van der Waals surface area (Å²) in [6, 6.07) is 3.63. The molecule has 4 amide bonds. The summed E-state index contributed by atoms with van der Waals surface area (Å²) in [5.74, 6) is -2.03. The van der Waals surface area contributed by atoms with Gasteiger partial charge in [0.1, 0.15) is 6.04 Å². The van der Waals surface area contributed by atoms with E-state index in [1.54, 1.807) is 6.07 Å². The van der Waals surface area contributed by atoms with E-state index in [1.807, 2.05) is 0 Å². The maximum Gasteiger partial charge on any atom is 0.264 e. The minimum absolute atomic E-state index is 0.0550. The molecule has 0 spiro atoms. The van der Waals surface area contributed by atoms with Crippen LogP contribution in [0.5, 0.6) is 0 Å². The molecule has 0 aromatic heterocycles. The summed E-state index contributed by atoms with van der Waals surface area (Å²) < 4.78 is 0. The number of amides is 4. The zero-order valence-electron chi connectivity index (χ0n) is 12.3. The first kappa shape index (κ1) is 15.0. The van der Waals surface area contributed by atoms with Crippen molar-refractivity contribution in [1.29, 1.82) is 0 Å². The van der Waals surface area contributed by atoms with Crippen LogP contribution in [0.1, 0.15) is 33.6 Å². The number of nitrogen functional groups attached to an aromatic ring is 1. The van der Waals surface area contributed by atoms with Gasteiger partial charge in [-0.2, -0.15) is 0 Å². The molecule has 0 saturated carbocycles. The van der Waals surface area contributed by atoms with E-state index in [0.29, 0.717) is 0 Å². The molecule has 0 aliphatic carbocycles. The number of nitrogens with two attached hydrogens (primary N) is 1. The monoisotopic (exact) mass is 313 g/mol. The Kier molecular flexibility index (Phi) is 3.48. The maximum absolute atomic E-state index is 12.6. The van der Waals surface area contributed by atoms with Crippen LogP contribution in [0.25, 0.3) is 0 Å². The van der Waals surface area contributed by atoms with E-state index in [2.05, 4.69) is 6.58 Å². The third-order valence-electron chi connectivity index (χ3n) is 4.09. The molecule has 1 unspecified atom stereocenters. The fourth-order valence-electron chi connectivity index (χ4n) is 2.99. The Morgan fingerprint density at radius 3 is 2.61 bits per heavy atom. The molecule has 0 radical (unpaired) electrons. The van der Waals surface area contributed by atoms with Crippen molar-refractivity contribution in [2.75, 3.05) is 12.3 Å². The molecule has 1 saturated heterocycles. The molecule has 2 aliphatic rings. The predicted molar refractivity (Wildman–Crippen MR) is 81.3 cm³/mol. The summed E-state index contributed by atoms with van der Waals surface area (Å²) >= 11 is 0. The molecule has 2 aliphatic heterocycles. The van der Waals surface area contributed by atoms with Crippen LogP contribution in [0.15, 0.2) is 30.9 Å². The summed E-state index contributed by atoms with van der Waals surface area (Å²) in [4.78, 5) is 51.4. The number of likely N-dealkylation sites (tertiary alicyclic amines) is 1. The molecule has 1 fully saturated rings. The van der Waals surface area contributed by atoms with Crippen LogP contribution in [-0.2, 0) is 9.59 Å². The molecule has 1 atom stereocenters. The summed E-state index contributed by atoms with van der Waals surface area (Å²) in [7, 11) is 0. The Labute approximate surface area is 132 Å². The van der Waals surface area contributed by atoms with Crippen molar-refractivity contribution in [3.8, 4) is 0 Å². The quantitative estimate of drug-likeness (QED) is 0.499. The number of carbonyl (C=O) groups excluding carboxylic acids is 4. The lowest BCUT2D eigenvalue weighted by molar-refractivity contribution is -0.150. The molecule has 23 heavy (non-hydrogen) atoms. The van der Waals surface area contributed by atoms with Gasteiger partial charge in [-0.15, -0.1) is 6.58 Å². The second-order valence-corrected chi connectivity index (χ2v) is 5.44. The summed E-state index contributed by atoms with van der Waals surface area (Å²) in [6.07, 6.45) is 1.64. The maximum atomic E-state index is 12.6. The minimum atomic E-state index is -0.987. The number of rotatable bonds is 3. The number of nitrogens with zero attached hydrogens (tertiary/aromatic N) is 2. The van der Waals surface area contributed by atoms with Gasteiger partial charge < -0.3 is 5.73 Å². The zero-order chi connectivity index (χ0) is 16.7. The van der Waals surface area contributed by atoms with Crippen LogP contribution in [0.3, 0.4) is 0 Å². The van der Waals surface area contributed by atoms with Gasteiger partial charge >= 0.3 is 0 Å². The molecule has 2 heterocycles. The van der Waals surface area contributed by atoms with Gasteiger partial charge in [0.15, 0.2) is 0 Å². The van der Waals surface area contributed by atoms with E-state index in [4.69, 9.17) is 5.73 Å². The second kappa shape index (κ2) is 5.35. The van der Waals surface area contributed by atoms with E-state index in [0.717, 1.165) is 9.80 Å². The third kappa shape index (κ3) is 2.12. The van der Waals surface area contributed by atoms with E-state index < -0.39 is 23.8 Å². The molecule has 3 rings (SSSR count). The van der Waals surface area contributed by atoms with Crippen molar-refractivity contribution in [2.45, 2.75) is 18.9 Å². The first-order chi connectivity index (χ1) is 11.0. The van der Waals surface area contributed by atoms with Crippen LogP contribution < -0.4 is 5.73 Å². The predicted octanol–water partition coefficient (Wildman–Crippen LogP) is 0.568. The van der Waals surface area contributed by atoms with Gasteiger partial charge in [0, 0.05) is 18.7 Å². The Morgan fingerprint density at radius 2 is 1.96 bits per heavy atom. The first-order valence-electron chi connectivity index (χ1n) is 7.19. The van der Waals surface area contributed by atoms with Crippen molar-refractivity contribution in [1.82, 2.24) is 9.80 Å². The first-order valence-corrected chi connectivity index (χ1v) is 7.19. The normalized spacial score (nSPS) is 21.0. The van der Waals surface area contributed by atoms with Crippen molar-refractivity contribution in [2.24, 2.45) is 0 Å². The fourth-order valence-corrected chi connectivity index (χ4v) is 2.99. The Bertz CT molecular complexity index is 756. The standard InChI is InChI=1S/C16H15N3O4/c1-2-8-18-12(20)7-6-11(15(18)22)19-14(21)9-4-3-5-10(17)13(9)16(19)23/h2-5,11H,1,6-8,17H2. The van der Waals surface area contributed by atoms with Gasteiger partial charge in [0.2, 0.25) is 5.91 Å². The number of anilines is 1. The number of piperidine rings is 1. The van der Waals surface area contributed by atoms with Crippen molar-refractivity contribution in [3.63, 3.8) is 0 Å². The van der Waals surface area contributed by atoms with Gasteiger partial charge in [-0.25, -0.2) is 0 Å². The highest BCUT2D eigenvalue weighted by Gasteiger charge is 2.47. The molecule has 1 aromatic carbocycles. The highest BCUT2D eigenvalue weighted by molar-refractivity contribution is 6.25. The van der Waals surface area contributed by atoms with E-state index in [-0.39, 0.29) is 42.1 Å². The number of hydrogen-bond donors (Lipinski definition) is 1. The largest absolute Gasteiger partial charge is 0.398 e. The number of benzene rings is 1. The molecule has 2 N–H and O–H groups in total. The number of carbonyl (C=O) groups is 4. The van der Waals surface area contributed by atoms with E-state index in [1.165, 1.54) is 18.2 Å². The van der Waals surface area contributed by atoms with Gasteiger partial charge in [-0.3, -0.25) is 29.0 Å². The molecule has 7 heteroatoms. The Hall–Kier alpha value is -2.96. The van der Waals surface area contributed by atoms with Crippen molar-refractivity contribution >= 4 is 29.3 Å². The Balaban J connectivity index is 1.97.